The van der Waals surface area contributed by atoms with Crippen molar-refractivity contribution in [1.82, 2.24) is 5.32 Å². The van der Waals surface area contributed by atoms with Gasteiger partial charge in [-0.25, -0.2) is 0 Å². The summed E-state index contributed by atoms with van der Waals surface area (Å²) in [5.74, 6) is 2.40. The molecule has 0 spiro atoms. The van der Waals surface area contributed by atoms with Crippen molar-refractivity contribution in [2.75, 3.05) is 19.0 Å². The van der Waals surface area contributed by atoms with Gasteiger partial charge in [0.1, 0.15) is 23.9 Å². The van der Waals surface area contributed by atoms with E-state index < -0.39 is 0 Å². The smallest absolute Gasteiger partial charge is 0.171 e. The van der Waals surface area contributed by atoms with Crippen molar-refractivity contribution in [3.8, 4) is 17.2 Å². The van der Waals surface area contributed by atoms with E-state index in [4.69, 9.17) is 26.4 Å². The SMILES string of the molecule is COc1ccc(OCC(C)NC(=S)Nc2cccc(OC(C)C)c2)cc1. The Morgan fingerprint density at radius 2 is 1.69 bits per heavy atom. The molecule has 0 amide bonds. The van der Waals surface area contributed by atoms with E-state index in [1.54, 1.807) is 7.11 Å². The largest absolute Gasteiger partial charge is 0.497 e. The first kappa shape index (κ1) is 19.8. The van der Waals surface area contributed by atoms with Crippen LogP contribution in [0.3, 0.4) is 0 Å². The Morgan fingerprint density at radius 1 is 1.00 bits per heavy atom. The quantitative estimate of drug-likeness (QED) is 0.674. The number of benzene rings is 2. The number of hydrogen-bond acceptors (Lipinski definition) is 4. The van der Waals surface area contributed by atoms with E-state index in [1.165, 1.54) is 0 Å². The van der Waals surface area contributed by atoms with E-state index in [9.17, 15) is 0 Å². The Balaban J connectivity index is 1.79. The molecular weight excluding hydrogens is 348 g/mol. The first-order chi connectivity index (χ1) is 12.5. The summed E-state index contributed by atoms with van der Waals surface area (Å²) >= 11 is 5.37. The van der Waals surface area contributed by atoms with Gasteiger partial charge >= 0.3 is 0 Å². The molecule has 2 aromatic rings. The molecule has 0 aliphatic carbocycles. The zero-order valence-electron chi connectivity index (χ0n) is 15.6. The average Bonchev–Trinajstić information content (AvgIpc) is 2.60. The molecule has 5 nitrogen and oxygen atoms in total. The minimum Gasteiger partial charge on any atom is -0.497 e. The summed E-state index contributed by atoms with van der Waals surface area (Å²) in [4.78, 5) is 0. The Kier molecular flexibility index (Phi) is 7.53. The van der Waals surface area contributed by atoms with E-state index in [0.717, 1.165) is 22.9 Å². The summed E-state index contributed by atoms with van der Waals surface area (Å²) in [6.07, 6.45) is 0.130. The van der Waals surface area contributed by atoms with Crippen LogP contribution in [0.15, 0.2) is 48.5 Å². The van der Waals surface area contributed by atoms with Crippen molar-refractivity contribution in [3.63, 3.8) is 0 Å². The molecule has 2 N–H and O–H groups in total. The van der Waals surface area contributed by atoms with Gasteiger partial charge in [0.05, 0.1) is 19.3 Å². The topological polar surface area (TPSA) is 51.8 Å². The van der Waals surface area contributed by atoms with E-state index >= 15 is 0 Å². The molecular formula is C20H26N2O3S. The summed E-state index contributed by atoms with van der Waals surface area (Å²) in [5.41, 5.74) is 0.879. The van der Waals surface area contributed by atoms with Gasteiger partial charge in [-0.05, 0) is 69.4 Å². The monoisotopic (exact) mass is 374 g/mol. The molecule has 0 saturated heterocycles. The molecule has 26 heavy (non-hydrogen) atoms. The van der Waals surface area contributed by atoms with Crippen LogP contribution in [-0.4, -0.2) is 31.0 Å². The Hall–Kier alpha value is -2.47. The van der Waals surface area contributed by atoms with Crippen LogP contribution in [0.2, 0.25) is 0 Å². The molecule has 0 heterocycles. The number of hydrogen-bond donors (Lipinski definition) is 2. The third kappa shape index (κ3) is 6.80. The number of methoxy groups -OCH3 is 1. The summed E-state index contributed by atoms with van der Waals surface area (Å²) in [7, 11) is 1.64. The fourth-order valence-corrected chi connectivity index (χ4v) is 2.56. The zero-order valence-corrected chi connectivity index (χ0v) is 16.4. The van der Waals surface area contributed by atoms with Crippen LogP contribution in [-0.2, 0) is 0 Å². The van der Waals surface area contributed by atoms with Gasteiger partial charge in [0.2, 0.25) is 0 Å². The number of ether oxygens (including phenoxy) is 3. The van der Waals surface area contributed by atoms with Crippen LogP contribution in [0.1, 0.15) is 20.8 Å². The van der Waals surface area contributed by atoms with E-state index in [0.29, 0.717) is 11.7 Å². The third-order valence-electron chi connectivity index (χ3n) is 3.40. The van der Waals surface area contributed by atoms with Gasteiger partial charge in [0, 0.05) is 11.8 Å². The highest BCUT2D eigenvalue weighted by Crippen LogP contribution is 2.19. The van der Waals surface area contributed by atoms with Crippen molar-refractivity contribution in [3.05, 3.63) is 48.5 Å². The van der Waals surface area contributed by atoms with Crippen LogP contribution in [0.25, 0.3) is 0 Å². The van der Waals surface area contributed by atoms with Gasteiger partial charge in [-0.1, -0.05) is 6.07 Å². The molecule has 0 radical (unpaired) electrons. The molecule has 0 aliphatic heterocycles. The molecule has 0 aromatic heterocycles. The lowest BCUT2D eigenvalue weighted by Gasteiger charge is -2.18. The van der Waals surface area contributed by atoms with Crippen LogP contribution in [0.5, 0.6) is 17.2 Å². The molecule has 140 valence electrons. The first-order valence-corrected chi connectivity index (χ1v) is 8.98. The highest BCUT2D eigenvalue weighted by molar-refractivity contribution is 7.80. The van der Waals surface area contributed by atoms with Gasteiger partial charge in [-0.3, -0.25) is 0 Å². The molecule has 0 bridgehead atoms. The minimum atomic E-state index is 0.0483. The number of rotatable bonds is 8. The molecule has 1 atom stereocenters. The number of anilines is 1. The lowest BCUT2D eigenvalue weighted by Crippen LogP contribution is -2.39. The van der Waals surface area contributed by atoms with Crippen molar-refractivity contribution < 1.29 is 14.2 Å². The van der Waals surface area contributed by atoms with Crippen LogP contribution >= 0.6 is 12.2 Å². The Bertz CT molecular complexity index is 704. The molecule has 0 aliphatic rings. The van der Waals surface area contributed by atoms with Gasteiger partial charge in [0.25, 0.3) is 0 Å². The van der Waals surface area contributed by atoms with Gasteiger partial charge < -0.3 is 24.8 Å². The predicted octanol–water partition coefficient (Wildman–Crippen LogP) is 4.24. The second-order valence-electron chi connectivity index (χ2n) is 6.18. The second kappa shape index (κ2) is 9.87. The molecule has 1 unspecified atom stereocenters. The van der Waals surface area contributed by atoms with Gasteiger partial charge in [-0.15, -0.1) is 0 Å². The van der Waals surface area contributed by atoms with Crippen molar-refractivity contribution >= 4 is 23.0 Å². The lowest BCUT2D eigenvalue weighted by molar-refractivity contribution is 0.242. The summed E-state index contributed by atoms with van der Waals surface area (Å²) in [6.45, 7) is 6.49. The maximum Gasteiger partial charge on any atom is 0.171 e. The van der Waals surface area contributed by atoms with Crippen molar-refractivity contribution in [2.24, 2.45) is 0 Å². The van der Waals surface area contributed by atoms with Crippen molar-refractivity contribution in [2.45, 2.75) is 32.9 Å². The summed E-state index contributed by atoms with van der Waals surface area (Å²) in [5, 5.41) is 6.92. The highest BCUT2D eigenvalue weighted by Gasteiger charge is 2.07. The molecule has 6 heteroatoms. The first-order valence-electron chi connectivity index (χ1n) is 8.57. The highest BCUT2D eigenvalue weighted by atomic mass is 32.1. The van der Waals surface area contributed by atoms with Gasteiger partial charge in [0.15, 0.2) is 5.11 Å². The maximum atomic E-state index is 5.76. The molecule has 0 fully saturated rings. The fraction of sp³-hybridized carbons (Fsp3) is 0.350. The van der Waals surface area contributed by atoms with Crippen molar-refractivity contribution in [1.29, 1.82) is 0 Å². The molecule has 2 aromatic carbocycles. The lowest BCUT2D eigenvalue weighted by atomic mass is 10.3. The van der Waals surface area contributed by atoms with Crippen LogP contribution in [0.4, 0.5) is 5.69 Å². The van der Waals surface area contributed by atoms with E-state index in [1.807, 2.05) is 69.3 Å². The van der Waals surface area contributed by atoms with E-state index in [2.05, 4.69) is 10.6 Å². The summed E-state index contributed by atoms with van der Waals surface area (Å²) in [6, 6.07) is 15.3. The standard InChI is InChI=1S/C20H26N2O3S/c1-14(2)25-19-7-5-6-16(12-19)22-20(26)21-15(3)13-24-18-10-8-17(23-4)9-11-18/h5-12,14-15H,13H2,1-4H3,(H2,21,22,26). The van der Waals surface area contributed by atoms with E-state index in [-0.39, 0.29) is 12.1 Å². The number of nitrogens with one attached hydrogen (secondary N) is 2. The summed E-state index contributed by atoms with van der Waals surface area (Å²) < 4.78 is 16.6. The Morgan fingerprint density at radius 3 is 2.35 bits per heavy atom. The van der Waals surface area contributed by atoms with Crippen LogP contribution in [0, 0.1) is 0 Å². The third-order valence-corrected chi connectivity index (χ3v) is 3.62. The predicted molar refractivity (Wildman–Crippen MR) is 110 cm³/mol. The maximum absolute atomic E-state index is 5.76. The molecule has 0 saturated carbocycles. The minimum absolute atomic E-state index is 0.0483. The van der Waals surface area contributed by atoms with Crippen LogP contribution < -0.4 is 24.8 Å². The van der Waals surface area contributed by atoms with Gasteiger partial charge in [-0.2, -0.15) is 0 Å². The molecule has 2 rings (SSSR count). The fourth-order valence-electron chi connectivity index (χ4n) is 2.25. The normalized spacial score (nSPS) is 11.6. The number of thiocarbonyl (C=S) groups is 1. The second-order valence-corrected chi connectivity index (χ2v) is 6.59. The zero-order chi connectivity index (χ0) is 18.9. The Labute approximate surface area is 160 Å². The average molecular weight is 375 g/mol.